The Morgan fingerprint density at radius 2 is 1.87 bits per heavy atom. The number of benzene rings is 1. The van der Waals surface area contributed by atoms with Crippen molar-refractivity contribution in [2.24, 2.45) is 10.9 Å². The first-order chi connectivity index (χ1) is 14.8. The molecule has 2 fully saturated rings. The second-order valence-corrected chi connectivity index (χ2v) is 8.06. The Hall–Kier alpha value is -1.87. The van der Waals surface area contributed by atoms with Crippen LogP contribution in [-0.2, 0) is 4.74 Å². The van der Waals surface area contributed by atoms with E-state index in [0.717, 1.165) is 63.8 Å². The summed E-state index contributed by atoms with van der Waals surface area (Å²) in [5.74, 6) is 2.42. The first kappa shape index (κ1) is 23.8. The summed E-state index contributed by atoms with van der Waals surface area (Å²) in [5, 5.41) is 7.08. The van der Waals surface area contributed by atoms with Crippen LogP contribution in [0, 0.1) is 5.92 Å². The molecule has 3 heterocycles. The monoisotopic (exact) mass is 535 g/mol. The summed E-state index contributed by atoms with van der Waals surface area (Å²) in [6, 6.07) is 17.1. The first-order valence-corrected chi connectivity index (χ1v) is 11.2. The fraction of sp³-hybridized carbons (Fsp3) is 0.500. The fourth-order valence-corrected chi connectivity index (χ4v) is 4.35. The number of anilines is 1. The molecule has 0 aliphatic carbocycles. The normalized spacial score (nSPS) is 22.1. The van der Waals surface area contributed by atoms with Crippen molar-refractivity contribution < 1.29 is 4.74 Å². The molecule has 0 spiro atoms. The number of aliphatic imine (C=N–C) groups is 1. The van der Waals surface area contributed by atoms with Gasteiger partial charge in [-0.1, -0.05) is 36.4 Å². The number of halogens is 1. The van der Waals surface area contributed by atoms with Gasteiger partial charge in [-0.3, -0.25) is 4.99 Å². The molecule has 1 aromatic carbocycles. The Balaban J connectivity index is 0.00000272. The Kier molecular flexibility index (Phi) is 9.39. The maximum atomic E-state index is 6.03. The lowest BCUT2D eigenvalue weighted by Gasteiger charge is -2.33. The number of piperidine rings is 1. The summed E-state index contributed by atoms with van der Waals surface area (Å²) < 4.78 is 6.03. The standard InChI is InChI=1S/C24H33N5O.HI/c1-2-25-24(27-18-20-13-17-30-23(20)19-8-4-3-5-9-19)28-21-11-15-29(16-12-21)22-10-6-7-14-26-22;/h3-10,14,20-21,23H,2,11-13,15-18H2,1H3,(H2,25,27,28);1H. The highest BCUT2D eigenvalue weighted by Gasteiger charge is 2.29. The minimum Gasteiger partial charge on any atom is -0.373 e. The van der Waals surface area contributed by atoms with Crippen LogP contribution in [0.15, 0.2) is 59.7 Å². The van der Waals surface area contributed by atoms with Gasteiger partial charge in [-0.15, -0.1) is 24.0 Å². The van der Waals surface area contributed by atoms with E-state index < -0.39 is 0 Å². The molecule has 2 saturated heterocycles. The molecule has 0 saturated carbocycles. The molecule has 1 aromatic heterocycles. The second kappa shape index (κ2) is 12.2. The fourth-order valence-electron chi connectivity index (χ4n) is 4.35. The van der Waals surface area contributed by atoms with E-state index >= 15 is 0 Å². The smallest absolute Gasteiger partial charge is 0.191 e. The van der Waals surface area contributed by atoms with E-state index in [1.165, 1.54) is 5.56 Å². The van der Waals surface area contributed by atoms with E-state index in [9.17, 15) is 0 Å². The molecule has 2 unspecified atom stereocenters. The molecule has 7 heteroatoms. The van der Waals surface area contributed by atoms with Gasteiger partial charge in [0.25, 0.3) is 0 Å². The average Bonchev–Trinajstić information content (AvgIpc) is 3.28. The zero-order chi connectivity index (χ0) is 20.6. The molecule has 0 radical (unpaired) electrons. The summed E-state index contributed by atoms with van der Waals surface area (Å²) in [4.78, 5) is 11.8. The zero-order valence-electron chi connectivity index (χ0n) is 18.2. The molecule has 6 nitrogen and oxygen atoms in total. The SMILES string of the molecule is CCNC(=NCC1CCOC1c1ccccc1)NC1CCN(c2ccccn2)CC1.I. The van der Waals surface area contributed by atoms with Gasteiger partial charge in [0.05, 0.1) is 6.10 Å². The third-order valence-corrected chi connectivity index (χ3v) is 5.98. The summed E-state index contributed by atoms with van der Waals surface area (Å²) in [6.45, 7) is 6.60. The third kappa shape index (κ3) is 6.55. The zero-order valence-corrected chi connectivity index (χ0v) is 20.6. The molecule has 168 valence electrons. The van der Waals surface area contributed by atoms with E-state index in [0.29, 0.717) is 12.0 Å². The Labute approximate surface area is 202 Å². The van der Waals surface area contributed by atoms with Gasteiger partial charge in [0.1, 0.15) is 5.82 Å². The summed E-state index contributed by atoms with van der Waals surface area (Å²) in [6.07, 6.45) is 5.25. The molecule has 2 atom stereocenters. The van der Waals surface area contributed by atoms with E-state index in [4.69, 9.17) is 9.73 Å². The van der Waals surface area contributed by atoms with Crippen molar-refractivity contribution in [3.63, 3.8) is 0 Å². The van der Waals surface area contributed by atoms with Gasteiger partial charge in [0.15, 0.2) is 5.96 Å². The van der Waals surface area contributed by atoms with Gasteiger partial charge in [-0.05, 0) is 43.9 Å². The maximum absolute atomic E-state index is 6.03. The van der Waals surface area contributed by atoms with Gasteiger partial charge in [-0.2, -0.15) is 0 Å². The van der Waals surface area contributed by atoms with Crippen LogP contribution >= 0.6 is 24.0 Å². The molecule has 0 amide bonds. The molecular weight excluding hydrogens is 501 g/mol. The lowest BCUT2D eigenvalue weighted by Crippen LogP contribution is -2.49. The molecule has 2 aliphatic heterocycles. The quantitative estimate of drug-likeness (QED) is 0.333. The molecular formula is C24H34IN5O. The topological polar surface area (TPSA) is 61.8 Å². The van der Waals surface area contributed by atoms with Crippen LogP contribution in [0.4, 0.5) is 5.82 Å². The van der Waals surface area contributed by atoms with Crippen molar-refractivity contribution in [3.05, 3.63) is 60.3 Å². The number of nitrogens with zero attached hydrogens (tertiary/aromatic N) is 3. The van der Waals surface area contributed by atoms with Crippen LogP contribution < -0.4 is 15.5 Å². The highest BCUT2D eigenvalue weighted by Crippen LogP contribution is 2.34. The van der Waals surface area contributed by atoms with Crippen molar-refractivity contribution in [1.82, 2.24) is 15.6 Å². The van der Waals surface area contributed by atoms with Crippen LogP contribution in [-0.4, -0.2) is 49.8 Å². The second-order valence-electron chi connectivity index (χ2n) is 8.06. The van der Waals surface area contributed by atoms with Gasteiger partial charge >= 0.3 is 0 Å². The minimum atomic E-state index is 0. The van der Waals surface area contributed by atoms with Gasteiger partial charge in [-0.25, -0.2) is 4.98 Å². The lowest BCUT2D eigenvalue weighted by molar-refractivity contribution is 0.0925. The van der Waals surface area contributed by atoms with Crippen LogP contribution in [0.25, 0.3) is 0 Å². The van der Waals surface area contributed by atoms with Crippen molar-refractivity contribution in [2.75, 3.05) is 37.7 Å². The first-order valence-electron chi connectivity index (χ1n) is 11.2. The number of pyridine rings is 1. The summed E-state index contributed by atoms with van der Waals surface area (Å²) in [7, 11) is 0. The number of nitrogens with one attached hydrogen (secondary N) is 2. The third-order valence-electron chi connectivity index (χ3n) is 5.98. The molecule has 31 heavy (non-hydrogen) atoms. The van der Waals surface area contributed by atoms with E-state index in [1.54, 1.807) is 0 Å². The van der Waals surface area contributed by atoms with Crippen molar-refractivity contribution in [3.8, 4) is 0 Å². The van der Waals surface area contributed by atoms with Crippen LogP contribution in [0.1, 0.15) is 37.9 Å². The number of ether oxygens (including phenoxy) is 1. The number of aromatic nitrogens is 1. The molecule has 2 aromatic rings. The lowest BCUT2D eigenvalue weighted by atomic mass is 9.95. The van der Waals surface area contributed by atoms with E-state index in [2.05, 4.69) is 69.9 Å². The Morgan fingerprint density at radius 1 is 1.10 bits per heavy atom. The molecule has 2 aliphatic rings. The average molecular weight is 535 g/mol. The molecule has 2 N–H and O–H groups in total. The van der Waals surface area contributed by atoms with Gasteiger partial charge < -0.3 is 20.3 Å². The van der Waals surface area contributed by atoms with Crippen molar-refractivity contribution >= 4 is 35.8 Å². The summed E-state index contributed by atoms with van der Waals surface area (Å²) in [5.41, 5.74) is 1.26. The number of rotatable bonds is 6. The van der Waals surface area contributed by atoms with Gasteiger partial charge in [0, 0.05) is 50.9 Å². The highest BCUT2D eigenvalue weighted by atomic mass is 127. The van der Waals surface area contributed by atoms with E-state index in [-0.39, 0.29) is 30.1 Å². The predicted octanol–water partition coefficient (Wildman–Crippen LogP) is 4.00. The van der Waals surface area contributed by atoms with E-state index in [1.807, 2.05) is 12.3 Å². The van der Waals surface area contributed by atoms with Crippen LogP contribution in [0.2, 0.25) is 0 Å². The number of hydrogen-bond donors (Lipinski definition) is 2. The molecule has 0 bridgehead atoms. The van der Waals surface area contributed by atoms with Crippen LogP contribution in [0.5, 0.6) is 0 Å². The Morgan fingerprint density at radius 3 is 2.58 bits per heavy atom. The van der Waals surface area contributed by atoms with Crippen molar-refractivity contribution in [1.29, 1.82) is 0 Å². The van der Waals surface area contributed by atoms with Gasteiger partial charge in [0.2, 0.25) is 0 Å². The predicted molar refractivity (Wildman–Crippen MR) is 137 cm³/mol. The summed E-state index contributed by atoms with van der Waals surface area (Å²) >= 11 is 0. The largest absolute Gasteiger partial charge is 0.373 e. The number of hydrogen-bond acceptors (Lipinski definition) is 4. The van der Waals surface area contributed by atoms with Crippen LogP contribution in [0.3, 0.4) is 0 Å². The highest BCUT2D eigenvalue weighted by molar-refractivity contribution is 14.0. The minimum absolute atomic E-state index is 0. The molecule has 4 rings (SSSR count). The maximum Gasteiger partial charge on any atom is 0.191 e. The number of guanidine groups is 1. The van der Waals surface area contributed by atoms with Crippen molar-refractivity contribution in [2.45, 2.75) is 38.3 Å². The Bertz CT molecular complexity index is 796.